The molecule has 0 bridgehead atoms. The molecule has 6 nitrogen and oxygen atoms in total. The lowest BCUT2D eigenvalue weighted by Crippen LogP contribution is -2.26. The number of rotatable bonds is 5. The third-order valence-corrected chi connectivity index (χ3v) is 3.29. The minimum Gasteiger partial charge on any atom is -0.472 e. The maximum absolute atomic E-state index is 11.5. The summed E-state index contributed by atoms with van der Waals surface area (Å²) in [7, 11) is 0. The molecule has 0 saturated carbocycles. The van der Waals surface area contributed by atoms with Crippen molar-refractivity contribution in [1.29, 1.82) is 0 Å². The third-order valence-electron chi connectivity index (χ3n) is 3.29. The molecule has 1 aliphatic rings. The molecule has 108 valence electrons. The number of hydrogen-bond donors (Lipinski definition) is 0. The quantitative estimate of drug-likeness (QED) is 0.470. The summed E-state index contributed by atoms with van der Waals surface area (Å²) < 4.78 is 10.3. The van der Waals surface area contributed by atoms with Gasteiger partial charge < -0.3 is 9.47 Å². The van der Waals surface area contributed by atoms with Crippen molar-refractivity contribution in [1.82, 2.24) is 0 Å². The molecule has 20 heavy (non-hydrogen) atoms. The molecule has 0 fully saturated rings. The van der Waals surface area contributed by atoms with Gasteiger partial charge in [-0.1, -0.05) is 0 Å². The van der Waals surface area contributed by atoms with Gasteiger partial charge in [0, 0.05) is 6.07 Å². The first-order valence-electron chi connectivity index (χ1n) is 6.66. The predicted octanol–water partition coefficient (Wildman–Crippen LogP) is 2.41. The number of nitro benzene ring substituents is 1. The van der Waals surface area contributed by atoms with Crippen molar-refractivity contribution in [3.05, 3.63) is 33.4 Å². The van der Waals surface area contributed by atoms with Gasteiger partial charge in [0.05, 0.1) is 11.5 Å². The molecule has 1 aromatic carbocycles. The molecule has 1 atom stereocenters. The van der Waals surface area contributed by atoms with Crippen molar-refractivity contribution in [3.8, 4) is 5.75 Å². The van der Waals surface area contributed by atoms with Crippen LogP contribution in [-0.2, 0) is 22.4 Å². The number of nitro groups is 1. The van der Waals surface area contributed by atoms with E-state index in [4.69, 9.17) is 9.47 Å². The molecule has 2 rings (SSSR count). The number of benzene rings is 1. The smallest absolute Gasteiger partial charge is 0.347 e. The molecular formula is C14H17NO5. The second kappa shape index (κ2) is 5.90. The topological polar surface area (TPSA) is 78.7 Å². The standard InChI is InChI=1S/C14H17NO5/c1-3-19-14(16)9(2)20-13-8-11-6-4-5-10(11)7-12(13)15(17)18/h7-9H,3-6H2,1-2H3. The Morgan fingerprint density at radius 2 is 2.05 bits per heavy atom. The van der Waals surface area contributed by atoms with Gasteiger partial charge in [-0.25, -0.2) is 4.79 Å². The maximum Gasteiger partial charge on any atom is 0.347 e. The van der Waals surface area contributed by atoms with Gasteiger partial charge in [-0.05, 0) is 50.3 Å². The Morgan fingerprint density at radius 1 is 1.40 bits per heavy atom. The predicted molar refractivity (Wildman–Crippen MR) is 71.8 cm³/mol. The first-order valence-corrected chi connectivity index (χ1v) is 6.66. The van der Waals surface area contributed by atoms with E-state index >= 15 is 0 Å². The van der Waals surface area contributed by atoms with Crippen molar-refractivity contribution in [2.75, 3.05) is 6.61 Å². The van der Waals surface area contributed by atoms with Crippen molar-refractivity contribution >= 4 is 11.7 Å². The van der Waals surface area contributed by atoms with Gasteiger partial charge in [-0.2, -0.15) is 0 Å². The Labute approximate surface area is 116 Å². The third kappa shape index (κ3) is 2.89. The zero-order valence-corrected chi connectivity index (χ0v) is 11.5. The molecule has 0 amide bonds. The fourth-order valence-electron chi connectivity index (χ4n) is 2.32. The zero-order valence-electron chi connectivity index (χ0n) is 11.5. The Balaban J connectivity index is 2.26. The van der Waals surface area contributed by atoms with Crippen LogP contribution in [-0.4, -0.2) is 23.6 Å². The fraction of sp³-hybridized carbons (Fsp3) is 0.500. The second-order valence-electron chi connectivity index (χ2n) is 4.71. The SMILES string of the molecule is CCOC(=O)C(C)Oc1cc2c(cc1[N+](=O)[O-])CCC2. The first kappa shape index (κ1) is 14.3. The number of ether oxygens (including phenoxy) is 2. The lowest BCUT2D eigenvalue weighted by atomic mass is 10.1. The van der Waals surface area contributed by atoms with E-state index in [0.717, 1.165) is 30.4 Å². The molecule has 1 aromatic rings. The van der Waals surface area contributed by atoms with Gasteiger partial charge in [0.1, 0.15) is 0 Å². The fourth-order valence-corrected chi connectivity index (χ4v) is 2.32. The van der Waals surface area contributed by atoms with Gasteiger partial charge >= 0.3 is 11.7 Å². The van der Waals surface area contributed by atoms with Crippen molar-refractivity contribution < 1.29 is 19.2 Å². The highest BCUT2D eigenvalue weighted by atomic mass is 16.6. The van der Waals surface area contributed by atoms with Crippen molar-refractivity contribution in [3.63, 3.8) is 0 Å². The van der Waals surface area contributed by atoms with E-state index in [1.807, 2.05) is 0 Å². The molecule has 0 spiro atoms. The number of carbonyl (C=O) groups is 1. The van der Waals surface area contributed by atoms with Crippen LogP contribution in [0.1, 0.15) is 31.4 Å². The largest absolute Gasteiger partial charge is 0.472 e. The molecule has 6 heteroatoms. The molecule has 1 unspecified atom stereocenters. The van der Waals surface area contributed by atoms with Crippen LogP contribution in [0.4, 0.5) is 5.69 Å². The highest BCUT2D eigenvalue weighted by molar-refractivity contribution is 5.75. The Morgan fingerprint density at radius 3 is 2.65 bits per heavy atom. The lowest BCUT2D eigenvalue weighted by Gasteiger charge is -2.14. The summed E-state index contributed by atoms with van der Waals surface area (Å²) in [4.78, 5) is 22.2. The summed E-state index contributed by atoms with van der Waals surface area (Å²) in [5.41, 5.74) is 1.95. The number of esters is 1. The summed E-state index contributed by atoms with van der Waals surface area (Å²) in [6, 6.07) is 3.23. The Kier molecular flexibility index (Phi) is 4.22. The highest BCUT2D eigenvalue weighted by Crippen LogP contribution is 2.35. The van der Waals surface area contributed by atoms with E-state index in [-0.39, 0.29) is 18.0 Å². The monoisotopic (exact) mass is 279 g/mol. The van der Waals surface area contributed by atoms with Crippen LogP contribution in [0.3, 0.4) is 0 Å². The summed E-state index contributed by atoms with van der Waals surface area (Å²) in [6.45, 7) is 3.47. The van der Waals surface area contributed by atoms with Gasteiger partial charge in [0.2, 0.25) is 0 Å². The van der Waals surface area contributed by atoms with Crippen LogP contribution < -0.4 is 4.74 Å². The van der Waals surface area contributed by atoms with Gasteiger partial charge in [0.15, 0.2) is 11.9 Å². The highest BCUT2D eigenvalue weighted by Gasteiger charge is 2.25. The lowest BCUT2D eigenvalue weighted by molar-refractivity contribution is -0.386. The number of aryl methyl sites for hydroxylation is 2. The van der Waals surface area contributed by atoms with E-state index in [1.165, 1.54) is 6.92 Å². The van der Waals surface area contributed by atoms with Crippen LogP contribution in [0, 0.1) is 10.1 Å². The van der Waals surface area contributed by atoms with Crippen molar-refractivity contribution in [2.45, 2.75) is 39.2 Å². The molecule has 0 aromatic heterocycles. The van der Waals surface area contributed by atoms with E-state index in [9.17, 15) is 14.9 Å². The van der Waals surface area contributed by atoms with E-state index in [0.29, 0.717) is 0 Å². The summed E-state index contributed by atoms with van der Waals surface area (Å²) >= 11 is 0. The van der Waals surface area contributed by atoms with Gasteiger partial charge in [-0.3, -0.25) is 10.1 Å². The van der Waals surface area contributed by atoms with E-state index in [1.54, 1.807) is 19.1 Å². The van der Waals surface area contributed by atoms with Crippen LogP contribution in [0.5, 0.6) is 5.75 Å². The van der Waals surface area contributed by atoms with E-state index < -0.39 is 17.0 Å². The Bertz CT molecular complexity index is 541. The maximum atomic E-state index is 11.5. The number of fused-ring (bicyclic) bond motifs is 1. The average Bonchev–Trinajstić information content (AvgIpc) is 2.84. The van der Waals surface area contributed by atoms with Crippen LogP contribution in [0.15, 0.2) is 12.1 Å². The average molecular weight is 279 g/mol. The van der Waals surface area contributed by atoms with Gasteiger partial charge in [-0.15, -0.1) is 0 Å². The molecule has 0 saturated heterocycles. The zero-order chi connectivity index (χ0) is 14.7. The summed E-state index contributed by atoms with van der Waals surface area (Å²) in [5.74, 6) is -0.390. The molecule has 1 aliphatic carbocycles. The molecule has 0 N–H and O–H groups in total. The molecule has 0 heterocycles. The first-order chi connectivity index (χ1) is 9.52. The van der Waals surface area contributed by atoms with Crippen molar-refractivity contribution in [2.24, 2.45) is 0 Å². The number of carbonyl (C=O) groups excluding carboxylic acids is 1. The van der Waals surface area contributed by atoms with Gasteiger partial charge in [0.25, 0.3) is 0 Å². The number of hydrogen-bond acceptors (Lipinski definition) is 5. The van der Waals surface area contributed by atoms with Crippen LogP contribution in [0.25, 0.3) is 0 Å². The van der Waals surface area contributed by atoms with Crippen LogP contribution in [0.2, 0.25) is 0 Å². The minimum atomic E-state index is -0.867. The summed E-state index contributed by atoms with van der Waals surface area (Å²) in [6.07, 6.45) is 1.86. The summed E-state index contributed by atoms with van der Waals surface area (Å²) in [5, 5.41) is 11.1. The molecule has 0 radical (unpaired) electrons. The van der Waals surface area contributed by atoms with Crippen LogP contribution >= 0.6 is 0 Å². The van der Waals surface area contributed by atoms with E-state index in [2.05, 4.69) is 0 Å². The second-order valence-corrected chi connectivity index (χ2v) is 4.71. The minimum absolute atomic E-state index is 0.0956. The molecule has 0 aliphatic heterocycles. The number of nitrogens with zero attached hydrogens (tertiary/aromatic N) is 1. The Hall–Kier alpha value is -2.11. The molecular weight excluding hydrogens is 262 g/mol. The normalized spacial score (nSPS) is 14.5.